The smallest absolute Gasteiger partial charge is 0.451 e. The minimum Gasteiger partial charge on any atom is -0.453 e. The number of hydrogen-bond acceptors (Lipinski definition) is 9. The molecule has 4 aromatic rings. The van der Waals surface area contributed by atoms with Gasteiger partial charge in [0.1, 0.15) is 11.6 Å². The molecule has 1 aliphatic heterocycles. The van der Waals surface area contributed by atoms with Gasteiger partial charge in [0.2, 0.25) is 5.82 Å². The maximum Gasteiger partial charge on any atom is 0.451 e. The van der Waals surface area contributed by atoms with Crippen LogP contribution in [0.25, 0.3) is 10.8 Å². The lowest BCUT2D eigenvalue weighted by Crippen LogP contribution is -2.35. The van der Waals surface area contributed by atoms with Crippen molar-refractivity contribution in [1.29, 1.82) is 0 Å². The number of benzene rings is 1. The minimum absolute atomic E-state index is 0.102. The molecular formula is C22H20F3N9O2. The number of alkyl halides is 3. The maximum atomic E-state index is 13.0. The van der Waals surface area contributed by atoms with E-state index in [1.54, 1.807) is 18.6 Å². The Morgan fingerprint density at radius 2 is 1.94 bits per heavy atom. The predicted molar refractivity (Wildman–Crippen MR) is 123 cm³/mol. The predicted octanol–water partition coefficient (Wildman–Crippen LogP) is 3.45. The topological polar surface area (TPSA) is 123 Å². The van der Waals surface area contributed by atoms with E-state index in [2.05, 4.69) is 40.5 Å². The lowest BCUT2D eigenvalue weighted by Gasteiger charge is -2.28. The van der Waals surface area contributed by atoms with Crippen molar-refractivity contribution in [3.63, 3.8) is 0 Å². The number of amides is 1. The summed E-state index contributed by atoms with van der Waals surface area (Å²) in [4.78, 5) is 26.5. The lowest BCUT2D eigenvalue weighted by molar-refractivity contribution is -0.147. The number of halogens is 3. The summed E-state index contributed by atoms with van der Waals surface area (Å²) >= 11 is 0. The number of fused-ring (bicyclic) bond motifs is 2. The Balaban J connectivity index is 1.27. The van der Waals surface area contributed by atoms with Gasteiger partial charge < -0.3 is 19.5 Å². The molecule has 1 aliphatic rings. The van der Waals surface area contributed by atoms with E-state index in [1.165, 1.54) is 7.11 Å². The highest BCUT2D eigenvalue weighted by molar-refractivity contribution is 6.03. The van der Waals surface area contributed by atoms with Crippen LogP contribution in [0.3, 0.4) is 0 Å². The summed E-state index contributed by atoms with van der Waals surface area (Å²) in [5.74, 6) is 0.165. The van der Waals surface area contributed by atoms with Crippen LogP contribution in [-0.4, -0.2) is 49.5 Å². The molecule has 0 spiro atoms. The van der Waals surface area contributed by atoms with E-state index in [9.17, 15) is 18.0 Å². The second-order valence-electron chi connectivity index (χ2n) is 7.91. The van der Waals surface area contributed by atoms with Crippen LogP contribution in [0.4, 0.5) is 35.3 Å². The molecule has 14 heteroatoms. The number of hydrogen-bond donors (Lipinski definition) is 2. The summed E-state index contributed by atoms with van der Waals surface area (Å²) in [7, 11) is 1.28. The fourth-order valence-corrected chi connectivity index (χ4v) is 3.96. The number of carbonyl (C=O) groups is 1. The molecule has 0 atom stereocenters. The number of carbonyl (C=O) groups excluding carboxylic acids is 1. The van der Waals surface area contributed by atoms with Crippen molar-refractivity contribution in [1.82, 2.24) is 29.7 Å². The lowest BCUT2D eigenvalue weighted by atomic mass is 10.1. The first-order chi connectivity index (χ1) is 17.3. The number of aromatic nitrogens is 6. The number of methoxy groups -OCH3 is 1. The van der Waals surface area contributed by atoms with E-state index in [0.717, 1.165) is 21.0 Å². The molecule has 0 saturated carbocycles. The third kappa shape index (κ3) is 4.56. The van der Waals surface area contributed by atoms with E-state index >= 15 is 0 Å². The van der Waals surface area contributed by atoms with Gasteiger partial charge in [0.25, 0.3) is 0 Å². The number of pyridine rings is 1. The normalized spacial score (nSPS) is 13.4. The summed E-state index contributed by atoms with van der Waals surface area (Å²) < 4.78 is 44.9. The SMILES string of the molecule is COC(=O)Nc1nccc2c(NCc3cnc(N4CCn5c(nnc5C(F)(F)F)C4)cn3)cccc12. The molecule has 0 bridgehead atoms. The zero-order chi connectivity index (χ0) is 25.3. The van der Waals surface area contributed by atoms with Gasteiger partial charge in [-0.3, -0.25) is 10.3 Å². The molecule has 0 fully saturated rings. The molecule has 0 radical (unpaired) electrons. The molecule has 0 aliphatic carbocycles. The van der Waals surface area contributed by atoms with E-state index < -0.39 is 18.1 Å². The average Bonchev–Trinajstić information content (AvgIpc) is 3.32. The first kappa shape index (κ1) is 23.3. The number of nitrogens with one attached hydrogen (secondary N) is 2. The van der Waals surface area contributed by atoms with Crippen molar-refractivity contribution in [3.05, 3.63) is 60.2 Å². The Kier molecular flexibility index (Phi) is 6.00. The van der Waals surface area contributed by atoms with Crippen LogP contribution in [-0.2, 0) is 30.5 Å². The van der Waals surface area contributed by atoms with E-state index in [0.29, 0.717) is 30.4 Å². The largest absolute Gasteiger partial charge is 0.453 e. The van der Waals surface area contributed by atoms with Gasteiger partial charge in [0.05, 0.1) is 38.3 Å². The second kappa shape index (κ2) is 9.28. The fourth-order valence-electron chi connectivity index (χ4n) is 3.96. The van der Waals surface area contributed by atoms with Gasteiger partial charge in [-0.15, -0.1) is 10.2 Å². The van der Waals surface area contributed by atoms with Gasteiger partial charge in [-0.1, -0.05) is 12.1 Å². The maximum absolute atomic E-state index is 13.0. The van der Waals surface area contributed by atoms with Crippen LogP contribution in [0.1, 0.15) is 17.3 Å². The molecular weight excluding hydrogens is 479 g/mol. The fraction of sp³-hybridized carbons (Fsp3) is 0.273. The second-order valence-corrected chi connectivity index (χ2v) is 7.91. The third-order valence-electron chi connectivity index (χ3n) is 5.69. The van der Waals surface area contributed by atoms with Crippen LogP contribution in [0.5, 0.6) is 0 Å². The van der Waals surface area contributed by atoms with Crippen molar-refractivity contribution in [2.75, 3.05) is 29.2 Å². The van der Waals surface area contributed by atoms with Gasteiger partial charge in [-0.25, -0.2) is 14.8 Å². The van der Waals surface area contributed by atoms with Crippen molar-refractivity contribution in [2.24, 2.45) is 0 Å². The summed E-state index contributed by atoms with van der Waals surface area (Å²) in [6.07, 6.45) is -0.371. The molecule has 2 N–H and O–H groups in total. The Hall–Kier alpha value is -4.49. The number of ether oxygens (including phenoxy) is 1. The Morgan fingerprint density at radius 3 is 2.69 bits per heavy atom. The summed E-state index contributed by atoms with van der Waals surface area (Å²) in [6.45, 7) is 0.955. The Morgan fingerprint density at radius 1 is 1.08 bits per heavy atom. The Bertz CT molecular complexity index is 1410. The van der Waals surface area contributed by atoms with Gasteiger partial charge in [-0.2, -0.15) is 13.2 Å². The highest BCUT2D eigenvalue weighted by Crippen LogP contribution is 2.30. The summed E-state index contributed by atoms with van der Waals surface area (Å²) in [5, 5.41) is 14.5. The summed E-state index contributed by atoms with van der Waals surface area (Å²) in [5.41, 5.74) is 1.47. The van der Waals surface area contributed by atoms with Crippen molar-refractivity contribution in [3.8, 4) is 0 Å². The minimum atomic E-state index is -4.54. The first-order valence-corrected chi connectivity index (χ1v) is 10.8. The highest BCUT2D eigenvalue weighted by atomic mass is 19.4. The van der Waals surface area contributed by atoms with Gasteiger partial charge in [0.15, 0.2) is 5.82 Å². The molecule has 36 heavy (non-hydrogen) atoms. The molecule has 11 nitrogen and oxygen atoms in total. The van der Waals surface area contributed by atoms with Crippen molar-refractivity contribution in [2.45, 2.75) is 25.8 Å². The first-order valence-electron chi connectivity index (χ1n) is 10.8. The van der Waals surface area contributed by atoms with Crippen LogP contribution in [0.2, 0.25) is 0 Å². The molecule has 3 aromatic heterocycles. The van der Waals surface area contributed by atoms with Gasteiger partial charge in [0, 0.05) is 35.7 Å². The number of anilines is 3. The number of nitrogens with zero attached hydrogens (tertiary/aromatic N) is 7. The highest BCUT2D eigenvalue weighted by Gasteiger charge is 2.39. The van der Waals surface area contributed by atoms with E-state index in [4.69, 9.17) is 0 Å². The Labute approximate surface area is 202 Å². The molecule has 4 heterocycles. The van der Waals surface area contributed by atoms with Gasteiger partial charge in [-0.05, 0) is 12.1 Å². The average molecular weight is 499 g/mol. The quantitative estimate of drug-likeness (QED) is 0.425. The van der Waals surface area contributed by atoms with Crippen LogP contribution < -0.4 is 15.5 Å². The van der Waals surface area contributed by atoms with E-state index in [-0.39, 0.29) is 18.9 Å². The zero-order valence-corrected chi connectivity index (χ0v) is 19.0. The van der Waals surface area contributed by atoms with Crippen LogP contribution in [0, 0.1) is 0 Å². The zero-order valence-electron chi connectivity index (χ0n) is 19.0. The molecule has 1 amide bonds. The van der Waals surface area contributed by atoms with Crippen molar-refractivity contribution >= 4 is 34.2 Å². The molecule has 0 saturated heterocycles. The standard InChI is InChI=1S/C22H20F3N9O2/c1-36-21(35)30-19-15-3-2-4-16(14(15)5-6-26-19)28-9-13-10-29-17(11-27-13)33-7-8-34-18(12-33)31-32-20(34)22(23,24)25/h2-6,10-11,28H,7-9,12H2,1H3,(H,26,30,35). The number of rotatable bonds is 5. The van der Waals surface area contributed by atoms with Gasteiger partial charge >= 0.3 is 12.3 Å². The van der Waals surface area contributed by atoms with Crippen LogP contribution >= 0.6 is 0 Å². The summed E-state index contributed by atoms with van der Waals surface area (Å²) in [6, 6.07) is 7.40. The molecule has 5 rings (SSSR count). The molecule has 1 aromatic carbocycles. The third-order valence-corrected chi connectivity index (χ3v) is 5.69. The van der Waals surface area contributed by atoms with E-state index in [1.807, 2.05) is 29.2 Å². The monoisotopic (exact) mass is 499 g/mol. The van der Waals surface area contributed by atoms with Crippen LogP contribution in [0.15, 0.2) is 42.9 Å². The van der Waals surface area contributed by atoms with Crippen molar-refractivity contribution < 1.29 is 22.7 Å². The molecule has 186 valence electrons. The molecule has 0 unspecified atom stereocenters.